The second-order valence-corrected chi connectivity index (χ2v) is 5.73. The molecule has 3 nitrogen and oxygen atoms in total. The van der Waals surface area contributed by atoms with Crippen LogP contribution in [0.5, 0.6) is 5.75 Å². The van der Waals surface area contributed by atoms with Gasteiger partial charge in [0, 0.05) is 13.2 Å². The Labute approximate surface area is 122 Å². The number of hydrogen-bond acceptors (Lipinski definition) is 3. The van der Waals surface area contributed by atoms with E-state index in [1.165, 1.54) is 24.8 Å². The van der Waals surface area contributed by atoms with Crippen molar-refractivity contribution in [1.29, 1.82) is 0 Å². The molecule has 0 amide bonds. The molecule has 0 aliphatic heterocycles. The Kier molecular flexibility index (Phi) is 5.44. The summed E-state index contributed by atoms with van der Waals surface area (Å²) in [5.74, 6) is 0.924. The standard InChI is InChI=1S/C17H27NO2/c1-18-16(17(20-3)10-5-4-6-11-17)13-14-8-7-9-15(12-14)19-2/h7-9,12,16,18H,4-6,10-11,13H2,1-3H3. The van der Waals surface area contributed by atoms with Gasteiger partial charge < -0.3 is 14.8 Å². The van der Waals surface area contributed by atoms with E-state index in [1.54, 1.807) is 7.11 Å². The molecule has 3 heteroatoms. The molecule has 112 valence electrons. The molecule has 0 heterocycles. The van der Waals surface area contributed by atoms with Gasteiger partial charge in [-0.2, -0.15) is 0 Å². The van der Waals surface area contributed by atoms with Gasteiger partial charge >= 0.3 is 0 Å². The van der Waals surface area contributed by atoms with Crippen LogP contribution < -0.4 is 10.1 Å². The first-order chi connectivity index (χ1) is 9.74. The topological polar surface area (TPSA) is 30.5 Å². The van der Waals surface area contributed by atoms with Gasteiger partial charge in [0.05, 0.1) is 12.7 Å². The predicted molar refractivity (Wildman–Crippen MR) is 82.4 cm³/mol. The van der Waals surface area contributed by atoms with E-state index in [0.29, 0.717) is 6.04 Å². The smallest absolute Gasteiger partial charge is 0.119 e. The lowest BCUT2D eigenvalue weighted by atomic mass is 9.77. The molecule has 1 N–H and O–H groups in total. The summed E-state index contributed by atoms with van der Waals surface area (Å²) in [7, 11) is 5.62. The molecule has 1 unspecified atom stereocenters. The zero-order valence-electron chi connectivity index (χ0n) is 12.9. The summed E-state index contributed by atoms with van der Waals surface area (Å²) in [5.41, 5.74) is 1.28. The summed E-state index contributed by atoms with van der Waals surface area (Å²) in [6.45, 7) is 0. The second kappa shape index (κ2) is 7.09. The van der Waals surface area contributed by atoms with Gasteiger partial charge in [-0.15, -0.1) is 0 Å². The number of rotatable bonds is 6. The molecule has 1 aliphatic carbocycles. The van der Waals surface area contributed by atoms with Gasteiger partial charge in [-0.05, 0) is 44.0 Å². The summed E-state index contributed by atoms with van der Waals surface area (Å²) in [4.78, 5) is 0. The quantitative estimate of drug-likeness (QED) is 0.866. The minimum absolute atomic E-state index is 0.0178. The lowest BCUT2D eigenvalue weighted by Crippen LogP contribution is -2.53. The van der Waals surface area contributed by atoms with Crippen LogP contribution in [0.4, 0.5) is 0 Å². The van der Waals surface area contributed by atoms with Crippen molar-refractivity contribution in [2.24, 2.45) is 0 Å². The monoisotopic (exact) mass is 277 g/mol. The highest BCUT2D eigenvalue weighted by atomic mass is 16.5. The molecule has 20 heavy (non-hydrogen) atoms. The Bertz CT molecular complexity index is 413. The van der Waals surface area contributed by atoms with Crippen LogP contribution in [-0.2, 0) is 11.2 Å². The van der Waals surface area contributed by atoms with Gasteiger partial charge in [-0.1, -0.05) is 31.4 Å². The van der Waals surface area contributed by atoms with Crippen LogP contribution in [0.3, 0.4) is 0 Å². The Morgan fingerprint density at radius 3 is 2.55 bits per heavy atom. The molecule has 1 atom stereocenters. The largest absolute Gasteiger partial charge is 0.497 e. The van der Waals surface area contributed by atoms with Crippen molar-refractivity contribution < 1.29 is 9.47 Å². The van der Waals surface area contributed by atoms with Crippen LogP contribution in [-0.4, -0.2) is 32.9 Å². The highest BCUT2D eigenvalue weighted by molar-refractivity contribution is 5.29. The normalized spacial score (nSPS) is 19.6. The van der Waals surface area contributed by atoms with Crippen LogP contribution in [0.2, 0.25) is 0 Å². The molecule has 2 rings (SSSR count). The number of ether oxygens (including phenoxy) is 2. The van der Waals surface area contributed by atoms with Crippen LogP contribution >= 0.6 is 0 Å². The van der Waals surface area contributed by atoms with Crippen molar-refractivity contribution in [2.45, 2.75) is 50.2 Å². The minimum atomic E-state index is -0.0178. The van der Waals surface area contributed by atoms with Crippen LogP contribution in [0.15, 0.2) is 24.3 Å². The molecule has 1 fully saturated rings. The first kappa shape index (κ1) is 15.3. The summed E-state index contributed by atoms with van der Waals surface area (Å²) >= 11 is 0. The minimum Gasteiger partial charge on any atom is -0.497 e. The summed E-state index contributed by atoms with van der Waals surface area (Å²) in [6.07, 6.45) is 7.15. The molecule has 1 aliphatic rings. The van der Waals surface area contributed by atoms with Gasteiger partial charge in [0.2, 0.25) is 0 Å². The summed E-state index contributed by atoms with van der Waals surface area (Å²) < 4.78 is 11.3. The fourth-order valence-corrected chi connectivity index (χ4v) is 3.43. The first-order valence-electron chi connectivity index (χ1n) is 7.59. The zero-order valence-corrected chi connectivity index (χ0v) is 12.9. The third-order valence-electron chi connectivity index (χ3n) is 4.66. The van der Waals surface area contributed by atoms with Crippen molar-refractivity contribution in [3.8, 4) is 5.75 Å². The highest BCUT2D eigenvalue weighted by Gasteiger charge is 2.39. The van der Waals surface area contributed by atoms with E-state index in [9.17, 15) is 0 Å². The summed E-state index contributed by atoms with van der Waals surface area (Å²) in [6, 6.07) is 8.68. The van der Waals surface area contributed by atoms with Crippen molar-refractivity contribution in [2.75, 3.05) is 21.3 Å². The Hall–Kier alpha value is -1.06. The fraction of sp³-hybridized carbons (Fsp3) is 0.647. The first-order valence-corrected chi connectivity index (χ1v) is 7.59. The van der Waals surface area contributed by atoms with Gasteiger partial charge in [-0.25, -0.2) is 0 Å². The van der Waals surface area contributed by atoms with Crippen molar-refractivity contribution in [1.82, 2.24) is 5.32 Å². The van der Waals surface area contributed by atoms with E-state index in [-0.39, 0.29) is 5.60 Å². The van der Waals surface area contributed by atoms with Crippen LogP contribution in [0, 0.1) is 0 Å². The molecular weight excluding hydrogens is 250 g/mol. The fourth-order valence-electron chi connectivity index (χ4n) is 3.43. The number of methoxy groups -OCH3 is 2. The number of nitrogens with one attached hydrogen (secondary N) is 1. The van der Waals surface area contributed by atoms with E-state index < -0.39 is 0 Å². The molecule has 0 bridgehead atoms. The van der Waals surface area contributed by atoms with E-state index in [0.717, 1.165) is 25.0 Å². The SMILES string of the molecule is CNC(Cc1cccc(OC)c1)C1(OC)CCCCC1. The number of hydrogen-bond donors (Lipinski definition) is 1. The Morgan fingerprint density at radius 1 is 1.20 bits per heavy atom. The van der Waals surface area contributed by atoms with Crippen molar-refractivity contribution in [3.63, 3.8) is 0 Å². The molecule has 0 spiro atoms. The van der Waals surface area contributed by atoms with Gasteiger partial charge in [-0.3, -0.25) is 0 Å². The lowest BCUT2D eigenvalue weighted by Gasteiger charge is -2.42. The maximum Gasteiger partial charge on any atom is 0.119 e. The van der Waals surface area contributed by atoms with E-state index in [4.69, 9.17) is 9.47 Å². The molecule has 0 saturated heterocycles. The third kappa shape index (κ3) is 3.33. The van der Waals surface area contributed by atoms with E-state index >= 15 is 0 Å². The Balaban J connectivity index is 2.14. The van der Waals surface area contributed by atoms with Crippen molar-refractivity contribution >= 4 is 0 Å². The molecule has 0 radical (unpaired) electrons. The van der Waals surface area contributed by atoms with Gasteiger partial charge in [0.15, 0.2) is 0 Å². The summed E-state index contributed by atoms with van der Waals surface area (Å²) in [5, 5.41) is 3.48. The Morgan fingerprint density at radius 2 is 1.95 bits per heavy atom. The molecule has 1 aromatic carbocycles. The highest BCUT2D eigenvalue weighted by Crippen LogP contribution is 2.35. The average Bonchev–Trinajstić information content (AvgIpc) is 2.53. The number of likely N-dealkylation sites (N-methyl/N-ethyl adjacent to an activating group) is 1. The third-order valence-corrected chi connectivity index (χ3v) is 4.66. The zero-order chi connectivity index (χ0) is 14.4. The molecule has 1 saturated carbocycles. The number of benzene rings is 1. The van der Waals surface area contributed by atoms with Crippen LogP contribution in [0.25, 0.3) is 0 Å². The van der Waals surface area contributed by atoms with Gasteiger partial charge in [0.25, 0.3) is 0 Å². The van der Waals surface area contributed by atoms with Crippen LogP contribution in [0.1, 0.15) is 37.7 Å². The molecular formula is C17H27NO2. The molecule has 1 aromatic rings. The maximum atomic E-state index is 5.97. The lowest BCUT2D eigenvalue weighted by molar-refractivity contribution is -0.0657. The van der Waals surface area contributed by atoms with E-state index in [1.807, 2.05) is 20.2 Å². The maximum absolute atomic E-state index is 5.97. The van der Waals surface area contributed by atoms with Crippen molar-refractivity contribution in [3.05, 3.63) is 29.8 Å². The molecule has 0 aromatic heterocycles. The van der Waals surface area contributed by atoms with E-state index in [2.05, 4.69) is 23.5 Å². The predicted octanol–water partition coefficient (Wildman–Crippen LogP) is 3.18. The second-order valence-electron chi connectivity index (χ2n) is 5.73. The average molecular weight is 277 g/mol. The van der Waals surface area contributed by atoms with Gasteiger partial charge in [0.1, 0.15) is 5.75 Å².